The highest BCUT2D eigenvalue weighted by molar-refractivity contribution is 8.00. The summed E-state index contributed by atoms with van der Waals surface area (Å²) in [5.74, 6) is -0.0545. The molecule has 1 amide bonds. The lowest BCUT2D eigenvalue weighted by atomic mass is 10.1. The number of nitrogens with zero attached hydrogens (tertiary/aromatic N) is 2. The second-order valence-corrected chi connectivity index (χ2v) is 7.91. The number of quaternary nitrogens is 1. The SMILES string of the molecule is CSc1nc(SCC(N)=O)c2c3c(sc2n1)C[NH+](C)CC3. The van der Waals surface area contributed by atoms with Crippen molar-refractivity contribution in [2.24, 2.45) is 5.73 Å². The van der Waals surface area contributed by atoms with Crippen molar-refractivity contribution in [2.45, 2.75) is 23.1 Å². The number of aromatic nitrogens is 2. The molecule has 1 unspecified atom stereocenters. The summed E-state index contributed by atoms with van der Waals surface area (Å²) < 4.78 is 0. The van der Waals surface area contributed by atoms with Crippen molar-refractivity contribution in [3.05, 3.63) is 10.4 Å². The Morgan fingerprint density at radius 2 is 2.29 bits per heavy atom. The molecule has 0 aliphatic carbocycles. The number of nitrogens with two attached hydrogens (primary N) is 1. The Bertz CT molecular complexity index is 700. The van der Waals surface area contributed by atoms with E-state index < -0.39 is 0 Å². The van der Waals surface area contributed by atoms with Crippen LogP contribution in [0.1, 0.15) is 10.4 Å². The van der Waals surface area contributed by atoms with Gasteiger partial charge in [0.2, 0.25) is 5.91 Å². The van der Waals surface area contributed by atoms with Crippen molar-refractivity contribution < 1.29 is 9.69 Å². The molecule has 2 aromatic rings. The van der Waals surface area contributed by atoms with Crippen molar-refractivity contribution in [3.8, 4) is 0 Å². The predicted molar refractivity (Wildman–Crippen MR) is 88.3 cm³/mol. The number of rotatable bonds is 4. The molecule has 5 nitrogen and oxygen atoms in total. The van der Waals surface area contributed by atoms with Crippen LogP contribution in [0.15, 0.2) is 10.2 Å². The number of nitrogens with one attached hydrogen (secondary N) is 1. The molecule has 0 spiro atoms. The number of hydrogen-bond donors (Lipinski definition) is 2. The van der Waals surface area contributed by atoms with Crippen LogP contribution in [-0.2, 0) is 17.8 Å². The molecule has 0 saturated heterocycles. The monoisotopic (exact) mass is 341 g/mol. The molecule has 21 heavy (non-hydrogen) atoms. The van der Waals surface area contributed by atoms with Gasteiger partial charge < -0.3 is 10.6 Å². The second kappa shape index (κ2) is 6.12. The molecular formula is C13H17N4OS3+. The molecule has 0 radical (unpaired) electrons. The van der Waals surface area contributed by atoms with Gasteiger partial charge in [-0.2, -0.15) is 0 Å². The zero-order valence-corrected chi connectivity index (χ0v) is 14.4. The lowest BCUT2D eigenvalue weighted by molar-refractivity contribution is -0.895. The first-order chi connectivity index (χ1) is 10.1. The van der Waals surface area contributed by atoms with E-state index in [0.717, 1.165) is 39.9 Å². The molecule has 3 heterocycles. The van der Waals surface area contributed by atoms with E-state index in [4.69, 9.17) is 5.73 Å². The van der Waals surface area contributed by atoms with Crippen LogP contribution in [0.3, 0.4) is 0 Å². The standard InChI is InChI=1S/C13H16N4OS3/c1-17-4-3-7-8(5-17)21-12-10(7)11(20-6-9(14)18)15-13(16-12)19-2/h3-6H2,1-2H3,(H2,14,18)/p+1. The number of likely N-dealkylation sites (N-methyl/N-ethyl adjacent to an activating group) is 1. The van der Waals surface area contributed by atoms with Crippen LogP contribution in [-0.4, -0.2) is 41.5 Å². The first-order valence-corrected chi connectivity index (χ1v) is 9.70. The summed E-state index contributed by atoms with van der Waals surface area (Å²) in [6.07, 6.45) is 3.02. The Morgan fingerprint density at radius 3 is 3.00 bits per heavy atom. The fourth-order valence-electron chi connectivity index (χ4n) is 2.50. The summed E-state index contributed by atoms with van der Waals surface area (Å²) in [7, 11) is 2.22. The van der Waals surface area contributed by atoms with Crippen LogP contribution in [0.2, 0.25) is 0 Å². The van der Waals surface area contributed by atoms with Gasteiger partial charge in [-0.05, 0) is 11.8 Å². The van der Waals surface area contributed by atoms with Crippen molar-refractivity contribution in [1.29, 1.82) is 0 Å². The lowest BCUT2D eigenvalue weighted by Gasteiger charge is -2.19. The van der Waals surface area contributed by atoms with Crippen LogP contribution in [0.5, 0.6) is 0 Å². The Labute approximate surface area is 135 Å². The molecule has 3 N–H and O–H groups in total. The summed E-state index contributed by atoms with van der Waals surface area (Å²) in [6.45, 7) is 2.17. The Balaban J connectivity index is 2.12. The maximum atomic E-state index is 11.1. The second-order valence-electron chi connectivity index (χ2n) is 5.09. The van der Waals surface area contributed by atoms with E-state index in [2.05, 4.69) is 17.0 Å². The molecule has 112 valence electrons. The molecule has 2 aromatic heterocycles. The van der Waals surface area contributed by atoms with Gasteiger partial charge in [0.15, 0.2) is 5.16 Å². The largest absolute Gasteiger partial charge is 0.369 e. The van der Waals surface area contributed by atoms with Crippen LogP contribution < -0.4 is 10.6 Å². The molecule has 8 heteroatoms. The third-order valence-corrected chi connectivity index (χ3v) is 6.15. The molecule has 0 aromatic carbocycles. The van der Waals surface area contributed by atoms with E-state index in [-0.39, 0.29) is 11.7 Å². The normalized spacial score (nSPS) is 17.9. The van der Waals surface area contributed by atoms with Gasteiger partial charge in [-0.15, -0.1) is 11.3 Å². The number of fused-ring (bicyclic) bond motifs is 3. The third kappa shape index (κ3) is 3.03. The molecule has 1 atom stereocenters. The highest BCUT2D eigenvalue weighted by Crippen LogP contribution is 2.37. The Hall–Kier alpha value is -0.830. The van der Waals surface area contributed by atoms with Gasteiger partial charge >= 0.3 is 0 Å². The van der Waals surface area contributed by atoms with Gasteiger partial charge in [0.1, 0.15) is 16.4 Å². The summed E-state index contributed by atoms with van der Waals surface area (Å²) in [6, 6.07) is 0. The van der Waals surface area contributed by atoms with Gasteiger partial charge in [0.25, 0.3) is 0 Å². The first-order valence-electron chi connectivity index (χ1n) is 6.67. The number of primary amides is 1. The lowest BCUT2D eigenvalue weighted by Crippen LogP contribution is -3.08. The fraction of sp³-hybridized carbons (Fsp3) is 0.462. The molecule has 0 bridgehead atoms. The summed E-state index contributed by atoms with van der Waals surface area (Å²) in [4.78, 5) is 24.3. The first kappa shape index (κ1) is 15.1. The number of thioether (sulfide) groups is 2. The predicted octanol–water partition coefficient (Wildman–Crippen LogP) is 0.561. The minimum absolute atomic E-state index is 0.260. The van der Waals surface area contributed by atoms with Crippen molar-refractivity contribution in [3.63, 3.8) is 0 Å². The maximum absolute atomic E-state index is 11.1. The molecule has 1 aliphatic rings. The van der Waals surface area contributed by atoms with E-state index >= 15 is 0 Å². The number of amides is 1. The number of carbonyl (C=O) groups excluding carboxylic acids is 1. The van der Waals surface area contributed by atoms with Crippen LogP contribution >= 0.6 is 34.9 Å². The number of carbonyl (C=O) groups is 1. The average Bonchev–Trinajstić information content (AvgIpc) is 2.81. The van der Waals surface area contributed by atoms with Crippen LogP contribution in [0.4, 0.5) is 0 Å². The molecule has 3 rings (SSSR count). The highest BCUT2D eigenvalue weighted by Gasteiger charge is 2.25. The molecule has 1 aliphatic heterocycles. The van der Waals surface area contributed by atoms with E-state index in [1.807, 2.05) is 6.26 Å². The van der Waals surface area contributed by atoms with Gasteiger partial charge in [-0.1, -0.05) is 23.5 Å². The van der Waals surface area contributed by atoms with Gasteiger partial charge in [-0.25, -0.2) is 9.97 Å². The topological polar surface area (TPSA) is 73.3 Å². The van der Waals surface area contributed by atoms with Crippen LogP contribution in [0, 0.1) is 0 Å². The van der Waals surface area contributed by atoms with Gasteiger partial charge in [0.05, 0.1) is 24.2 Å². The number of hydrogen-bond acceptors (Lipinski definition) is 6. The van der Waals surface area contributed by atoms with E-state index in [0.29, 0.717) is 0 Å². The summed E-state index contributed by atoms with van der Waals surface area (Å²) in [5.41, 5.74) is 6.65. The van der Waals surface area contributed by atoms with Crippen LogP contribution in [0.25, 0.3) is 10.2 Å². The maximum Gasteiger partial charge on any atom is 0.227 e. The molecular weight excluding hydrogens is 324 g/mol. The van der Waals surface area contributed by atoms with Gasteiger partial charge in [0, 0.05) is 11.8 Å². The minimum Gasteiger partial charge on any atom is -0.369 e. The van der Waals surface area contributed by atoms with E-state index in [1.54, 1.807) is 11.3 Å². The van der Waals surface area contributed by atoms with Crippen molar-refractivity contribution >= 4 is 51.0 Å². The average molecular weight is 342 g/mol. The Kier molecular flexibility index (Phi) is 4.39. The highest BCUT2D eigenvalue weighted by atomic mass is 32.2. The zero-order chi connectivity index (χ0) is 15.0. The van der Waals surface area contributed by atoms with Crippen molar-refractivity contribution in [2.75, 3.05) is 25.6 Å². The Morgan fingerprint density at radius 1 is 1.48 bits per heavy atom. The van der Waals surface area contributed by atoms with Crippen molar-refractivity contribution in [1.82, 2.24) is 9.97 Å². The third-order valence-electron chi connectivity index (χ3n) is 3.48. The summed E-state index contributed by atoms with van der Waals surface area (Å²) >= 11 is 4.72. The molecule has 0 saturated carbocycles. The fourth-order valence-corrected chi connectivity index (χ4v) is 5.17. The zero-order valence-electron chi connectivity index (χ0n) is 11.9. The smallest absolute Gasteiger partial charge is 0.227 e. The van der Waals surface area contributed by atoms with Gasteiger partial charge in [-0.3, -0.25) is 4.79 Å². The van der Waals surface area contributed by atoms with E-state index in [9.17, 15) is 4.79 Å². The molecule has 0 fully saturated rings. The van der Waals surface area contributed by atoms with E-state index in [1.165, 1.54) is 38.9 Å². The quantitative estimate of drug-likeness (QED) is 0.483. The minimum atomic E-state index is -0.314. The number of thiophene rings is 1. The summed E-state index contributed by atoms with van der Waals surface area (Å²) in [5, 5.41) is 2.81.